The predicted octanol–water partition coefficient (Wildman–Crippen LogP) is 2.62. The first-order valence-corrected chi connectivity index (χ1v) is 6.29. The van der Waals surface area contributed by atoms with Gasteiger partial charge >= 0.3 is 0 Å². The lowest BCUT2D eigenvalue weighted by Crippen LogP contribution is -1.98. The van der Waals surface area contributed by atoms with E-state index in [2.05, 4.69) is 9.97 Å². The van der Waals surface area contributed by atoms with E-state index < -0.39 is 0 Å². The molecule has 4 nitrogen and oxygen atoms in total. The van der Waals surface area contributed by atoms with Crippen LogP contribution < -0.4 is 5.73 Å². The van der Waals surface area contributed by atoms with Gasteiger partial charge in [0.05, 0.1) is 10.7 Å². The van der Waals surface area contributed by atoms with Gasteiger partial charge in [-0.2, -0.15) is 0 Å². The van der Waals surface area contributed by atoms with Gasteiger partial charge in [0.25, 0.3) is 0 Å². The van der Waals surface area contributed by atoms with Crippen LogP contribution in [0.1, 0.15) is 11.3 Å². The first-order chi connectivity index (χ1) is 8.22. The van der Waals surface area contributed by atoms with E-state index in [1.807, 2.05) is 28.2 Å². The lowest BCUT2D eigenvalue weighted by atomic mass is 10.1. The molecule has 0 aliphatic heterocycles. The number of nitrogens with two attached hydrogens (primary N) is 1. The summed E-state index contributed by atoms with van der Waals surface area (Å²) in [4.78, 5) is 9.50. The van der Waals surface area contributed by atoms with Crippen molar-refractivity contribution in [1.29, 1.82) is 0 Å². The molecule has 2 N–H and O–H groups in total. The molecule has 0 fully saturated rings. The topological polar surface area (TPSA) is 56.2 Å². The van der Waals surface area contributed by atoms with E-state index in [4.69, 9.17) is 17.3 Å². The fourth-order valence-corrected chi connectivity index (χ4v) is 2.59. The molecule has 0 aliphatic carbocycles. The fourth-order valence-electron chi connectivity index (χ4n) is 1.69. The zero-order valence-corrected chi connectivity index (χ0v) is 10.4. The van der Waals surface area contributed by atoms with E-state index in [0.29, 0.717) is 17.3 Å². The monoisotopic (exact) mass is 264 g/mol. The minimum Gasteiger partial charge on any atom is -0.383 e. The Morgan fingerprint density at radius 3 is 3.18 bits per heavy atom. The Kier molecular flexibility index (Phi) is 2.49. The molecule has 0 aliphatic rings. The zero-order valence-electron chi connectivity index (χ0n) is 8.80. The van der Waals surface area contributed by atoms with Crippen molar-refractivity contribution in [2.45, 2.75) is 6.42 Å². The number of rotatable bonds is 2. The van der Waals surface area contributed by atoms with Gasteiger partial charge in [0.1, 0.15) is 5.82 Å². The highest BCUT2D eigenvalue weighted by atomic mass is 35.5. The molecule has 0 aromatic carbocycles. The highest BCUT2D eigenvalue weighted by Crippen LogP contribution is 2.19. The Hall–Kier alpha value is -1.59. The molecule has 3 rings (SSSR count). The van der Waals surface area contributed by atoms with Gasteiger partial charge in [-0.05, 0) is 6.07 Å². The molecule has 6 heteroatoms. The lowest BCUT2D eigenvalue weighted by molar-refractivity contribution is 1.09. The van der Waals surface area contributed by atoms with E-state index in [9.17, 15) is 0 Å². The van der Waals surface area contributed by atoms with Gasteiger partial charge in [0.15, 0.2) is 4.96 Å². The first-order valence-electron chi connectivity index (χ1n) is 5.03. The summed E-state index contributed by atoms with van der Waals surface area (Å²) in [6.07, 6.45) is 6.17. The maximum atomic E-state index is 5.90. The summed E-state index contributed by atoms with van der Waals surface area (Å²) >= 11 is 7.50. The number of aromatic nitrogens is 3. The zero-order chi connectivity index (χ0) is 11.8. The smallest absolute Gasteiger partial charge is 0.193 e. The summed E-state index contributed by atoms with van der Waals surface area (Å²) in [7, 11) is 0. The lowest BCUT2D eigenvalue weighted by Gasteiger charge is -2.02. The van der Waals surface area contributed by atoms with Crippen LogP contribution in [0.3, 0.4) is 0 Å². The second-order valence-electron chi connectivity index (χ2n) is 3.70. The molecular weight excluding hydrogens is 256 g/mol. The van der Waals surface area contributed by atoms with Crippen LogP contribution in [0.25, 0.3) is 4.96 Å². The molecule has 86 valence electrons. The molecule has 0 spiro atoms. The molecule has 3 aromatic rings. The second-order valence-corrected chi connectivity index (χ2v) is 5.01. The summed E-state index contributed by atoms with van der Waals surface area (Å²) in [6, 6.07) is 1.83. The van der Waals surface area contributed by atoms with Crippen molar-refractivity contribution >= 4 is 33.7 Å². The van der Waals surface area contributed by atoms with Gasteiger partial charge in [-0.1, -0.05) is 11.6 Å². The number of nitrogens with zero attached hydrogens (tertiary/aromatic N) is 3. The van der Waals surface area contributed by atoms with Crippen LogP contribution in [0.4, 0.5) is 5.82 Å². The van der Waals surface area contributed by atoms with Gasteiger partial charge in [0, 0.05) is 36.0 Å². The highest BCUT2D eigenvalue weighted by Gasteiger charge is 2.07. The van der Waals surface area contributed by atoms with Crippen LogP contribution >= 0.6 is 22.9 Å². The van der Waals surface area contributed by atoms with Crippen LogP contribution in [0.15, 0.2) is 30.0 Å². The third kappa shape index (κ3) is 1.99. The minimum atomic E-state index is 0.505. The third-order valence-electron chi connectivity index (χ3n) is 2.48. The number of halogens is 1. The average Bonchev–Trinajstić information content (AvgIpc) is 2.83. The van der Waals surface area contributed by atoms with Crippen LogP contribution in [-0.4, -0.2) is 14.4 Å². The van der Waals surface area contributed by atoms with E-state index in [-0.39, 0.29) is 0 Å². The largest absolute Gasteiger partial charge is 0.383 e. The van der Waals surface area contributed by atoms with Gasteiger partial charge in [-0.15, -0.1) is 11.3 Å². The molecule has 0 amide bonds. The molecule has 0 saturated heterocycles. The first kappa shape index (κ1) is 10.6. The molecule has 0 bridgehead atoms. The van der Waals surface area contributed by atoms with E-state index >= 15 is 0 Å². The number of hydrogen-bond acceptors (Lipinski definition) is 4. The maximum absolute atomic E-state index is 5.90. The third-order valence-corrected chi connectivity index (χ3v) is 3.46. The number of imidazole rings is 1. The van der Waals surface area contributed by atoms with E-state index in [0.717, 1.165) is 16.2 Å². The molecule has 0 saturated carbocycles. The molecule has 3 aromatic heterocycles. The number of hydrogen-bond donors (Lipinski definition) is 1. The summed E-state index contributed by atoms with van der Waals surface area (Å²) in [6.45, 7) is 0. The molecule has 3 heterocycles. The van der Waals surface area contributed by atoms with Crippen molar-refractivity contribution in [3.63, 3.8) is 0 Å². The summed E-state index contributed by atoms with van der Waals surface area (Å²) in [5, 5.41) is 2.59. The molecule has 0 radical (unpaired) electrons. The number of thiazole rings is 1. The van der Waals surface area contributed by atoms with Gasteiger partial charge in [0.2, 0.25) is 0 Å². The van der Waals surface area contributed by atoms with Crippen LogP contribution in [-0.2, 0) is 6.42 Å². The number of pyridine rings is 1. The Labute approximate surface area is 107 Å². The van der Waals surface area contributed by atoms with Gasteiger partial charge in [-0.25, -0.2) is 9.97 Å². The van der Waals surface area contributed by atoms with Gasteiger partial charge in [-0.3, -0.25) is 4.40 Å². The Morgan fingerprint density at radius 2 is 2.35 bits per heavy atom. The summed E-state index contributed by atoms with van der Waals surface area (Å²) in [5.74, 6) is 0.505. The molecular formula is C11H9ClN4S. The SMILES string of the molecule is Nc1ncc(Cl)cc1Cc1cn2ccsc2n1. The number of nitrogen functional groups attached to an aromatic ring is 1. The quantitative estimate of drug-likeness (QED) is 0.774. The van der Waals surface area contributed by atoms with Crippen LogP contribution in [0.2, 0.25) is 5.02 Å². The number of anilines is 1. The second kappa shape index (κ2) is 4.01. The average molecular weight is 265 g/mol. The van der Waals surface area contributed by atoms with Crippen molar-refractivity contribution in [2.75, 3.05) is 5.73 Å². The molecule has 0 unspecified atom stereocenters. The number of fused-ring (bicyclic) bond motifs is 1. The predicted molar refractivity (Wildman–Crippen MR) is 69.5 cm³/mol. The van der Waals surface area contributed by atoms with E-state index in [1.54, 1.807) is 17.5 Å². The molecule has 0 atom stereocenters. The van der Waals surface area contributed by atoms with Crippen LogP contribution in [0.5, 0.6) is 0 Å². The maximum Gasteiger partial charge on any atom is 0.193 e. The Bertz CT molecular complexity index is 644. The van der Waals surface area contributed by atoms with E-state index in [1.165, 1.54) is 0 Å². The van der Waals surface area contributed by atoms with Crippen molar-refractivity contribution in [3.8, 4) is 0 Å². The normalized spacial score (nSPS) is 11.1. The Morgan fingerprint density at radius 1 is 1.47 bits per heavy atom. The summed E-state index contributed by atoms with van der Waals surface area (Å²) in [5.41, 5.74) is 7.68. The standard InChI is InChI=1S/C11H9ClN4S/c12-8-3-7(10(13)14-5-8)4-9-6-16-1-2-17-11(16)15-9/h1-3,5-6H,4H2,(H2,13,14). The van der Waals surface area contributed by atoms with Crippen molar-refractivity contribution < 1.29 is 0 Å². The fraction of sp³-hybridized carbons (Fsp3) is 0.0909. The minimum absolute atomic E-state index is 0.505. The highest BCUT2D eigenvalue weighted by molar-refractivity contribution is 7.15. The van der Waals surface area contributed by atoms with Gasteiger partial charge < -0.3 is 5.73 Å². The Balaban J connectivity index is 1.96. The summed E-state index contributed by atoms with van der Waals surface area (Å²) < 4.78 is 1.99. The molecule has 17 heavy (non-hydrogen) atoms. The van der Waals surface area contributed by atoms with Crippen molar-refractivity contribution in [3.05, 3.63) is 46.3 Å². The van der Waals surface area contributed by atoms with Crippen molar-refractivity contribution in [1.82, 2.24) is 14.4 Å². The van der Waals surface area contributed by atoms with Crippen LogP contribution in [0, 0.1) is 0 Å². The van der Waals surface area contributed by atoms with Crippen molar-refractivity contribution in [2.24, 2.45) is 0 Å².